The highest BCUT2D eigenvalue weighted by Crippen LogP contribution is 2.42. The molecular formula is C28H32N2O5. The molecule has 0 unspecified atom stereocenters. The molecule has 0 bridgehead atoms. The second-order valence-electron chi connectivity index (χ2n) is 9.14. The van der Waals surface area contributed by atoms with Gasteiger partial charge in [-0.1, -0.05) is 30.2 Å². The number of amides is 2. The van der Waals surface area contributed by atoms with E-state index in [-0.39, 0.29) is 23.7 Å². The van der Waals surface area contributed by atoms with Crippen LogP contribution in [0.4, 0.5) is 0 Å². The fraction of sp³-hybridized carbons (Fsp3) is 0.429. The number of nitrogens with zero attached hydrogens (tertiary/aromatic N) is 2. The standard InChI is InChI=1S/C28H32N2O5/c1-33-23-11-10-22(26(34-2)27(23)35-3)19-25(32)30-18-15-28(20-30)13-16-29(17-14-28)24(31)12-9-21-7-5-4-6-8-21/h4-8,10-11H,13-20H2,1-3H3. The maximum absolute atomic E-state index is 13.2. The lowest BCUT2D eigenvalue weighted by Gasteiger charge is -2.38. The van der Waals surface area contributed by atoms with E-state index in [4.69, 9.17) is 14.2 Å². The lowest BCUT2D eigenvalue weighted by Crippen LogP contribution is -2.44. The highest BCUT2D eigenvalue weighted by atomic mass is 16.5. The van der Waals surface area contributed by atoms with Crippen molar-refractivity contribution in [2.24, 2.45) is 5.41 Å². The Balaban J connectivity index is 1.35. The van der Waals surface area contributed by atoms with Crippen LogP contribution in [0.5, 0.6) is 17.2 Å². The molecule has 1 spiro atoms. The van der Waals surface area contributed by atoms with E-state index in [1.165, 1.54) is 0 Å². The normalized spacial score (nSPS) is 16.4. The summed E-state index contributed by atoms with van der Waals surface area (Å²) in [5.74, 6) is 7.24. The van der Waals surface area contributed by atoms with Gasteiger partial charge in [-0.2, -0.15) is 0 Å². The molecule has 2 fully saturated rings. The number of benzene rings is 2. The van der Waals surface area contributed by atoms with E-state index < -0.39 is 0 Å². The number of piperidine rings is 1. The number of carbonyl (C=O) groups excluding carboxylic acids is 2. The molecule has 0 saturated carbocycles. The Labute approximate surface area is 206 Å². The molecule has 2 aliphatic rings. The zero-order valence-electron chi connectivity index (χ0n) is 20.6. The molecule has 2 aromatic carbocycles. The molecule has 2 amide bonds. The van der Waals surface area contributed by atoms with Crippen LogP contribution in [0, 0.1) is 17.3 Å². The number of likely N-dealkylation sites (tertiary alicyclic amines) is 2. The predicted octanol–water partition coefficient (Wildman–Crippen LogP) is 3.15. The first kappa shape index (κ1) is 24.5. The number of ether oxygens (including phenoxy) is 3. The Hall–Kier alpha value is -3.66. The van der Waals surface area contributed by atoms with Gasteiger partial charge >= 0.3 is 0 Å². The first-order chi connectivity index (χ1) is 17.0. The van der Waals surface area contributed by atoms with Crippen LogP contribution >= 0.6 is 0 Å². The van der Waals surface area contributed by atoms with Crippen molar-refractivity contribution in [3.05, 3.63) is 53.6 Å². The van der Waals surface area contributed by atoms with E-state index in [2.05, 4.69) is 11.8 Å². The molecular weight excluding hydrogens is 444 g/mol. The fourth-order valence-electron chi connectivity index (χ4n) is 5.04. The first-order valence-electron chi connectivity index (χ1n) is 11.9. The van der Waals surface area contributed by atoms with Crippen molar-refractivity contribution < 1.29 is 23.8 Å². The SMILES string of the molecule is COc1ccc(CC(=O)N2CCC3(CCN(C(=O)C#Cc4ccccc4)CC3)C2)c(OC)c1OC. The van der Waals surface area contributed by atoms with Crippen molar-refractivity contribution in [3.63, 3.8) is 0 Å². The lowest BCUT2D eigenvalue weighted by molar-refractivity contribution is -0.131. The van der Waals surface area contributed by atoms with Crippen molar-refractivity contribution in [1.29, 1.82) is 0 Å². The van der Waals surface area contributed by atoms with Gasteiger partial charge in [0, 0.05) is 43.2 Å². The van der Waals surface area contributed by atoms with Crippen molar-refractivity contribution in [3.8, 4) is 29.1 Å². The predicted molar refractivity (Wildman–Crippen MR) is 133 cm³/mol. The van der Waals surface area contributed by atoms with Gasteiger partial charge in [-0.25, -0.2) is 0 Å². The summed E-state index contributed by atoms with van der Waals surface area (Å²) in [5, 5.41) is 0. The molecule has 2 aromatic rings. The van der Waals surface area contributed by atoms with Gasteiger partial charge in [0.15, 0.2) is 11.5 Å². The van der Waals surface area contributed by atoms with Gasteiger partial charge in [0.1, 0.15) is 0 Å². The van der Waals surface area contributed by atoms with E-state index in [0.717, 1.165) is 43.5 Å². The first-order valence-corrected chi connectivity index (χ1v) is 11.9. The Morgan fingerprint density at radius 2 is 1.51 bits per heavy atom. The highest BCUT2D eigenvalue weighted by Gasteiger charge is 2.42. The van der Waals surface area contributed by atoms with E-state index in [1.54, 1.807) is 27.4 Å². The summed E-state index contributed by atoms with van der Waals surface area (Å²) in [4.78, 5) is 29.5. The molecule has 7 heteroatoms. The molecule has 0 N–H and O–H groups in total. The molecule has 4 rings (SSSR count). The number of hydrogen-bond donors (Lipinski definition) is 0. The average molecular weight is 477 g/mol. The summed E-state index contributed by atoms with van der Waals surface area (Å²) in [7, 11) is 4.69. The zero-order chi connectivity index (χ0) is 24.8. The van der Waals surface area contributed by atoms with Crippen LogP contribution < -0.4 is 14.2 Å². The molecule has 2 saturated heterocycles. The molecule has 0 aliphatic carbocycles. The molecule has 0 atom stereocenters. The Morgan fingerprint density at radius 1 is 0.857 bits per heavy atom. The van der Waals surface area contributed by atoms with Crippen molar-refractivity contribution in [1.82, 2.24) is 9.80 Å². The molecule has 2 heterocycles. The smallest absolute Gasteiger partial charge is 0.298 e. The highest BCUT2D eigenvalue weighted by molar-refractivity contribution is 5.94. The third-order valence-corrected chi connectivity index (χ3v) is 7.12. The lowest BCUT2D eigenvalue weighted by atomic mass is 9.78. The van der Waals surface area contributed by atoms with Gasteiger partial charge in [0.05, 0.1) is 27.8 Å². The van der Waals surface area contributed by atoms with Crippen LogP contribution in [0.15, 0.2) is 42.5 Å². The summed E-state index contributed by atoms with van der Waals surface area (Å²) >= 11 is 0. The summed E-state index contributed by atoms with van der Waals surface area (Å²) in [5.41, 5.74) is 1.68. The van der Waals surface area contributed by atoms with Crippen LogP contribution in [0.2, 0.25) is 0 Å². The molecule has 184 valence electrons. The van der Waals surface area contributed by atoms with E-state index in [9.17, 15) is 9.59 Å². The van der Waals surface area contributed by atoms with Crippen LogP contribution in [-0.4, -0.2) is 69.1 Å². The minimum atomic E-state index is -0.129. The van der Waals surface area contributed by atoms with Crippen LogP contribution in [0.3, 0.4) is 0 Å². The van der Waals surface area contributed by atoms with Gasteiger partial charge in [-0.05, 0) is 42.9 Å². The molecule has 2 aliphatic heterocycles. The quantitative estimate of drug-likeness (QED) is 0.621. The van der Waals surface area contributed by atoms with Crippen molar-refractivity contribution in [2.75, 3.05) is 47.5 Å². The maximum atomic E-state index is 13.2. The largest absolute Gasteiger partial charge is 0.493 e. The van der Waals surface area contributed by atoms with Gasteiger partial charge in [0.25, 0.3) is 5.91 Å². The zero-order valence-corrected chi connectivity index (χ0v) is 20.6. The van der Waals surface area contributed by atoms with Crippen LogP contribution in [-0.2, 0) is 16.0 Å². The van der Waals surface area contributed by atoms with Gasteiger partial charge in [-0.15, -0.1) is 0 Å². The number of rotatable bonds is 5. The fourth-order valence-corrected chi connectivity index (χ4v) is 5.04. The summed E-state index contributed by atoms with van der Waals surface area (Å²) < 4.78 is 16.3. The summed E-state index contributed by atoms with van der Waals surface area (Å²) in [6, 6.07) is 13.2. The Kier molecular flexibility index (Phi) is 7.50. The van der Waals surface area contributed by atoms with Gasteiger partial charge in [-0.3, -0.25) is 9.59 Å². The summed E-state index contributed by atoms with van der Waals surface area (Å²) in [6.45, 7) is 2.80. The third kappa shape index (κ3) is 5.37. The van der Waals surface area contributed by atoms with E-state index >= 15 is 0 Å². The third-order valence-electron chi connectivity index (χ3n) is 7.12. The monoisotopic (exact) mass is 476 g/mol. The second-order valence-corrected chi connectivity index (χ2v) is 9.14. The minimum absolute atomic E-state index is 0.0691. The van der Waals surface area contributed by atoms with Gasteiger partial charge in [0.2, 0.25) is 11.7 Å². The molecule has 7 nitrogen and oxygen atoms in total. The van der Waals surface area contributed by atoms with E-state index in [0.29, 0.717) is 30.3 Å². The van der Waals surface area contributed by atoms with Crippen LogP contribution in [0.25, 0.3) is 0 Å². The Bertz CT molecular complexity index is 1130. The molecule has 0 radical (unpaired) electrons. The van der Waals surface area contributed by atoms with Crippen molar-refractivity contribution >= 4 is 11.8 Å². The summed E-state index contributed by atoms with van der Waals surface area (Å²) in [6.07, 6.45) is 2.96. The molecule has 35 heavy (non-hydrogen) atoms. The number of carbonyl (C=O) groups is 2. The maximum Gasteiger partial charge on any atom is 0.298 e. The van der Waals surface area contributed by atoms with Gasteiger partial charge < -0.3 is 24.0 Å². The van der Waals surface area contributed by atoms with Crippen LogP contribution in [0.1, 0.15) is 30.4 Å². The Morgan fingerprint density at radius 3 is 2.14 bits per heavy atom. The van der Waals surface area contributed by atoms with E-state index in [1.807, 2.05) is 46.2 Å². The topological polar surface area (TPSA) is 68.3 Å². The number of methoxy groups -OCH3 is 3. The molecule has 0 aromatic heterocycles. The number of hydrogen-bond acceptors (Lipinski definition) is 5. The minimum Gasteiger partial charge on any atom is -0.493 e. The van der Waals surface area contributed by atoms with Crippen molar-refractivity contribution in [2.45, 2.75) is 25.7 Å². The average Bonchev–Trinajstić information content (AvgIpc) is 3.31. The second kappa shape index (κ2) is 10.7.